The molecule has 168 valence electrons. The number of imidazole rings is 1. The van der Waals surface area contributed by atoms with Crippen molar-refractivity contribution >= 4 is 38.5 Å². The number of hydrogen-bond acceptors (Lipinski definition) is 9. The van der Waals surface area contributed by atoms with E-state index >= 15 is 0 Å². The first kappa shape index (κ1) is 21.2. The van der Waals surface area contributed by atoms with E-state index < -0.39 is 0 Å². The van der Waals surface area contributed by atoms with Crippen LogP contribution in [-0.4, -0.2) is 50.1 Å². The lowest BCUT2D eigenvalue weighted by Gasteiger charge is -2.08. The number of anilines is 1. The Bertz CT molecular complexity index is 1330. The van der Waals surface area contributed by atoms with Gasteiger partial charge in [0.25, 0.3) is 0 Å². The fourth-order valence-electron chi connectivity index (χ4n) is 3.59. The van der Waals surface area contributed by atoms with Crippen LogP contribution in [0.2, 0.25) is 0 Å². The molecule has 9 nitrogen and oxygen atoms in total. The second-order valence-electron chi connectivity index (χ2n) is 7.44. The summed E-state index contributed by atoms with van der Waals surface area (Å²) in [5, 5.41) is 7.83. The van der Waals surface area contributed by atoms with Crippen LogP contribution in [0.3, 0.4) is 0 Å². The van der Waals surface area contributed by atoms with Crippen molar-refractivity contribution < 1.29 is 4.74 Å². The molecule has 5 aromatic rings. The summed E-state index contributed by atoms with van der Waals surface area (Å²) < 4.78 is 5.37. The molecule has 4 aromatic heterocycles. The van der Waals surface area contributed by atoms with Gasteiger partial charge in [-0.25, -0.2) is 19.9 Å². The Kier molecular flexibility index (Phi) is 6.36. The number of H-pyrrole nitrogens is 1. The van der Waals surface area contributed by atoms with E-state index in [0.29, 0.717) is 12.4 Å². The molecule has 0 bridgehead atoms. The zero-order valence-corrected chi connectivity index (χ0v) is 19.0. The molecule has 0 fully saturated rings. The number of aromatic amines is 1. The molecular formula is C23H24N8OS. The molecule has 0 saturated heterocycles. The number of aromatic nitrogens is 6. The van der Waals surface area contributed by atoms with Gasteiger partial charge in [0.2, 0.25) is 0 Å². The summed E-state index contributed by atoms with van der Waals surface area (Å²) in [5.74, 6) is 2.44. The maximum atomic E-state index is 5.37. The predicted octanol–water partition coefficient (Wildman–Crippen LogP) is 3.35. The van der Waals surface area contributed by atoms with Crippen molar-refractivity contribution in [3.05, 3.63) is 65.4 Å². The highest BCUT2D eigenvalue weighted by Crippen LogP contribution is 2.25. The molecule has 1 aromatic carbocycles. The third-order valence-electron chi connectivity index (χ3n) is 5.22. The van der Waals surface area contributed by atoms with Gasteiger partial charge in [-0.1, -0.05) is 23.5 Å². The van der Waals surface area contributed by atoms with Gasteiger partial charge in [0.05, 0.1) is 29.7 Å². The molecule has 5 rings (SSSR count). The van der Waals surface area contributed by atoms with Crippen molar-refractivity contribution in [2.75, 3.05) is 25.5 Å². The zero-order chi connectivity index (χ0) is 22.5. The number of rotatable bonds is 10. The van der Waals surface area contributed by atoms with Gasteiger partial charge in [-0.05, 0) is 24.3 Å². The molecule has 10 heteroatoms. The molecule has 0 radical (unpaired) electrons. The standard InChI is InChI=1S/C23H24N8OS/c1-32-18-7-4-10-25-17(18)13-26-22-21-23(28-14-27-22)33-20(31-21)9-12-24-11-8-19-29-15-5-2-3-6-16(15)30-19/h2-7,10,14,24H,8-9,11-13H2,1H3,(H,29,30)(H,26,27,28). The normalized spacial score (nSPS) is 11.3. The minimum Gasteiger partial charge on any atom is -0.495 e. The van der Waals surface area contributed by atoms with Gasteiger partial charge < -0.3 is 20.4 Å². The van der Waals surface area contributed by atoms with Crippen LogP contribution in [0.4, 0.5) is 5.82 Å². The number of methoxy groups -OCH3 is 1. The number of para-hydroxylation sites is 2. The molecule has 4 heterocycles. The third-order valence-corrected chi connectivity index (χ3v) is 6.25. The molecule has 0 unspecified atom stereocenters. The van der Waals surface area contributed by atoms with Crippen LogP contribution in [0, 0.1) is 0 Å². The summed E-state index contributed by atoms with van der Waals surface area (Å²) in [5.41, 5.74) is 3.69. The molecular weight excluding hydrogens is 436 g/mol. The van der Waals surface area contributed by atoms with E-state index in [-0.39, 0.29) is 0 Å². The number of ether oxygens (including phenoxy) is 1. The number of thiazole rings is 1. The molecule has 3 N–H and O–H groups in total. The SMILES string of the molecule is COc1cccnc1CNc1ncnc2sc(CCNCCc3nc4ccccc4[nH]3)nc12. The molecule has 0 spiro atoms. The van der Waals surface area contributed by atoms with Crippen LogP contribution >= 0.6 is 11.3 Å². The Morgan fingerprint density at radius 2 is 1.91 bits per heavy atom. The Morgan fingerprint density at radius 3 is 2.82 bits per heavy atom. The Labute approximate surface area is 194 Å². The predicted molar refractivity (Wildman–Crippen MR) is 130 cm³/mol. The Balaban J connectivity index is 1.16. The topological polar surface area (TPSA) is 114 Å². The van der Waals surface area contributed by atoms with Crippen molar-refractivity contribution in [2.24, 2.45) is 0 Å². The fourth-order valence-corrected chi connectivity index (χ4v) is 4.50. The van der Waals surface area contributed by atoms with Crippen LogP contribution in [0.1, 0.15) is 16.5 Å². The van der Waals surface area contributed by atoms with Crippen LogP contribution in [-0.2, 0) is 19.4 Å². The smallest absolute Gasteiger partial charge is 0.157 e. The summed E-state index contributed by atoms with van der Waals surface area (Å²) in [6.07, 6.45) is 4.99. The summed E-state index contributed by atoms with van der Waals surface area (Å²) in [7, 11) is 1.64. The summed E-state index contributed by atoms with van der Waals surface area (Å²) in [4.78, 5) is 26.8. The minimum absolute atomic E-state index is 0.492. The highest BCUT2D eigenvalue weighted by atomic mass is 32.1. The van der Waals surface area contributed by atoms with Gasteiger partial charge in [-0.2, -0.15) is 0 Å². The summed E-state index contributed by atoms with van der Waals surface area (Å²) in [6, 6.07) is 11.8. The van der Waals surface area contributed by atoms with E-state index in [0.717, 1.165) is 69.6 Å². The first-order valence-corrected chi connectivity index (χ1v) is 11.6. The lowest BCUT2D eigenvalue weighted by molar-refractivity contribution is 0.407. The van der Waals surface area contributed by atoms with Crippen molar-refractivity contribution in [2.45, 2.75) is 19.4 Å². The number of hydrogen-bond donors (Lipinski definition) is 3. The zero-order valence-electron chi connectivity index (χ0n) is 18.2. The van der Waals surface area contributed by atoms with E-state index in [1.807, 2.05) is 36.4 Å². The number of pyridine rings is 1. The maximum absolute atomic E-state index is 5.37. The number of nitrogens with zero attached hydrogens (tertiary/aromatic N) is 5. The number of nitrogens with one attached hydrogen (secondary N) is 3. The molecule has 0 saturated carbocycles. The summed E-state index contributed by atoms with van der Waals surface area (Å²) in [6.45, 7) is 2.18. The molecule has 0 aliphatic heterocycles. The van der Waals surface area contributed by atoms with Gasteiger partial charge in [0.1, 0.15) is 33.9 Å². The number of benzene rings is 1. The van der Waals surface area contributed by atoms with E-state index in [1.165, 1.54) is 0 Å². The average Bonchev–Trinajstić information content (AvgIpc) is 3.46. The summed E-state index contributed by atoms with van der Waals surface area (Å²) >= 11 is 1.60. The van der Waals surface area contributed by atoms with Crippen LogP contribution in [0.25, 0.3) is 21.4 Å². The van der Waals surface area contributed by atoms with Gasteiger partial charge in [0, 0.05) is 32.1 Å². The second kappa shape index (κ2) is 9.88. The van der Waals surface area contributed by atoms with Gasteiger partial charge in [-0.15, -0.1) is 0 Å². The quantitative estimate of drug-likeness (QED) is 0.272. The van der Waals surface area contributed by atoms with Crippen molar-refractivity contribution in [3.63, 3.8) is 0 Å². The molecule has 0 atom stereocenters. The Hall–Kier alpha value is -3.63. The minimum atomic E-state index is 0.492. The van der Waals surface area contributed by atoms with Crippen LogP contribution in [0.5, 0.6) is 5.75 Å². The lowest BCUT2D eigenvalue weighted by Crippen LogP contribution is -2.20. The van der Waals surface area contributed by atoms with E-state index in [1.54, 1.807) is 31.0 Å². The van der Waals surface area contributed by atoms with Gasteiger partial charge in [-0.3, -0.25) is 4.98 Å². The first-order chi connectivity index (χ1) is 16.3. The van der Waals surface area contributed by atoms with Crippen molar-refractivity contribution in [1.29, 1.82) is 0 Å². The Morgan fingerprint density at radius 1 is 1.00 bits per heavy atom. The monoisotopic (exact) mass is 460 g/mol. The van der Waals surface area contributed by atoms with E-state index in [2.05, 4.69) is 35.6 Å². The lowest BCUT2D eigenvalue weighted by atomic mass is 10.3. The van der Waals surface area contributed by atoms with E-state index in [4.69, 9.17) is 9.72 Å². The van der Waals surface area contributed by atoms with Gasteiger partial charge in [0.15, 0.2) is 5.82 Å². The molecule has 0 amide bonds. The molecule has 0 aliphatic rings. The first-order valence-electron chi connectivity index (χ1n) is 10.8. The third kappa shape index (κ3) is 4.91. The van der Waals surface area contributed by atoms with Crippen LogP contribution in [0.15, 0.2) is 48.9 Å². The number of fused-ring (bicyclic) bond motifs is 2. The molecule has 0 aliphatic carbocycles. The highest BCUT2D eigenvalue weighted by Gasteiger charge is 2.12. The highest BCUT2D eigenvalue weighted by molar-refractivity contribution is 7.18. The van der Waals surface area contributed by atoms with Crippen molar-refractivity contribution in [1.82, 2.24) is 35.2 Å². The van der Waals surface area contributed by atoms with Gasteiger partial charge >= 0.3 is 0 Å². The van der Waals surface area contributed by atoms with Crippen LogP contribution < -0.4 is 15.4 Å². The fraction of sp³-hybridized carbons (Fsp3) is 0.261. The van der Waals surface area contributed by atoms with Crippen molar-refractivity contribution in [3.8, 4) is 5.75 Å². The maximum Gasteiger partial charge on any atom is 0.157 e. The van der Waals surface area contributed by atoms with E-state index in [9.17, 15) is 0 Å². The largest absolute Gasteiger partial charge is 0.495 e. The average molecular weight is 461 g/mol. The molecule has 33 heavy (non-hydrogen) atoms. The second-order valence-corrected chi connectivity index (χ2v) is 8.50.